The van der Waals surface area contributed by atoms with Crippen LogP contribution >= 0.6 is 0 Å². The fourth-order valence-electron chi connectivity index (χ4n) is 3.88. The summed E-state index contributed by atoms with van der Waals surface area (Å²) < 4.78 is 5.66. The van der Waals surface area contributed by atoms with E-state index >= 15 is 0 Å². The number of aromatic hydroxyl groups is 1. The van der Waals surface area contributed by atoms with Gasteiger partial charge in [0.2, 0.25) is 0 Å². The molecular weight excluding hydrogens is 288 g/mol. The van der Waals surface area contributed by atoms with Crippen LogP contribution in [0.25, 0.3) is 0 Å². The van der Waals surface area contributed by atoms with Gasteiger partial charge >= 0.3 is 5.63 Å². The molecule has 0 unspecified atom stereocenters. The summed E-state index contributed by atoms with van der Waals surface area (Å²) in [6, 6.07) is 10.1. The first-order valence-corrected chi connectivity index (χ1v) is 8.68. The van der Waals surface area contributed by atoms with Gasteiger partial charge in [-0.2, -0.15) is 0 Å². The molecule has 0 radical (unpaired) electrons. The van der Waals surface area contributed by atoms with E-state index in [2.05, 4.69) is 0 Å². The Morgan fingerprint density at radius 3 is 2.52 bits per heavy atom. The van der Waals surface area contributed by atoms with Crippen molar-refractivity contribution in [3.63, 3.8) is 0 Å². The standard InChI is InChI=1S/C20H22O3/c21-19-15-9-5-2-6-10-16(15)23-20(22)18(19)17(14-11-12-14)13-7-3-1-4-8-13/h1,3-4,7-8,14,17,21H,2,5-6,9-12H2/t17-/m1/s1. The highest BCUT2D eigenvalue weighted by molar-refractivity contribution is 5.47. The summed E-state index contributed by atoms with van der Waals surface area (Å²) in [6.07, 6.45) is 6.98. The molecule has 0 aliphatic heterocycles. The second-order valence-corrected chi connectivity index (χ2v) is 6.84. The van der Waals surface area contributed by atoms with Gasteiger partial charge in [-0.05, 0) is 43.6 Å². The first kappa shape index (κ1) is 14.6. The molecule has 2 aliphatic carbocycles. The van der Waals surface area contributed by atoms with Crippen LogP contribution in [0.3, 0.4) is 0 Å². The molecule has 1 aromatic heterocycles. The van der Waals surface area contributed by atoms with E-state index in [1.165, 1.54) is 0 Å². The third kappa shape index (κ3) is 2.69. The van der Waals surface area contributed by atoms with Crippen molar-refractivity contribution in [3.8, 4) is 5.75 Å². The third-order valence-electron chi connectivity index (χ3n) is 5.21. The summed E-state index contributed by atoms with van der Waals surface area (Å²) in [5.74, 6) is 1.31. The summed E-state index contributed by atoms with van der Waals surface area (Å²) in [5.41, 5.74) is 2.12. The van der Waals surface area contributed by atoms with Crippen molar-refractivity contribution in [2.24, 2.45) is 5.92 Å². The maximum atomic E-state index is 12.6. The summed E-state index contributed by atoms with van der Waals surface area (Å²) in [6.45, 7) is 0. The second-order valence-electron chi connectivity index (χ2n) is 6.84. The van der Waals surface area contributed by atoms with Crippen molar-refractivity contribution in [3.05, 3.63) is 63.2 Å². The zero-order valence-electron chi connectivity index (χ0n) is 13.3. The lowest BCUT2D eigenvalue weighted by molar-refractivity contribution is 0.396. The smallest absolute Gasteiger partial charge is 0.343 e. The minimum Gasteiger partial charge on any atom is -0.507 e. The van der Waals surface area contributed by atoms with Crippen LogP contribution in [0.5, 0.6) is 5.75 Å². The molecule has 0 bridgehead atoms. The molecule has 1 atom stereocenters. The van der Waals surface area contributed by atoms with Crippen molar-refractivity contribution >= 4 is 0 Å². The normalized spacial score (nSPS) is 19.0. The first-order chi connectivity index (χ1) is 11.3. The molecule has 0 amide bonds. The molecule has 1 N–H and O–H groups in total. The number of hydrogen-bond donors (Lipinski definition) is 1. The average Bonchev–Trinajstić information content (AvgIpc) is 3.39. The van der Waals surface area contributed by atoms with Crippen LogP contribution in [0.15, 0.2) is 39.5 Å². The molecule has 3 heteroatoms. The summed E-state index contributed by atoms with van der Waals surface area (Å²) in [5, 5.41) is 10.9. The Hall–Kier alpha value is -2.03. The van der Waals surface area contributed by atoms with Gasteiger partial charge in [0, 0.05) is 17.9 Å². The van der Waals surface area contributed by atoms with Gasteiger partial charge in [0.05, 0.1) is 5.56 Å². The first-order valence-electron chi connectivity index (χ1n) is 8.68. The highest BCUT2D eigenvalue weighted by atomic mass is 16.4. The van der Waals surface area contributed by atoms with E-state index < -0.39 is 0 Å². The molecule has 3 nitrogen and oxygen atoms in total. The summed E-state index contributed by atoms with van der Waals surface area (Å²) in [7, 11) is 0. The number of hydrogen-bond acceptors (Lipinski definition) is 3. The predicted octanol–water partition coefficient (Wildman–Crippen LogP) is 4.16. The highest BCUT2D eigenvalue weighted by Crippen LogP contribution is 2.48. The lowest BCUT2D eigenvalue weighted by Crippen LogP contribution is -2.18. The van der Waals surface area contributed by atoms with E-state index in [9.17, 15) is 9.90 Å². The molecule has 1 aromatic carbocycles. The Bertz CT molecular complexity index is 756. The molecule has 2 aliphatic rings. The van der Waals surface area contributed by atoms with Crippen LogP contribution < -0.4 is 5.63 Å². The summed E-state index contributed by atoms with van der Waals surface area (Å²) >= 11 is 0. The van der Waals surface area contributed by atoms with Gasteiger partial charge in [0.15, 0.2) is 0 Å². The fraction of sp³-hybridized carbons (Fsp3) is 0.450. The van der Waals surface area contributed by atoms with Crippen molar-refractivity contribution < 1.29 is 9.52 Å². The van der Waals surface area contributed by atoms with Crippen LogP contribution in [0, 0.1) is 5.92 Å². The van der Waals surface area contributed by atoms with Gasteiger partial charge in [-0.3, -0.25) is 0 Å². The molecule has 120 valence electrons. The molecule has 1 fully saturated rings. The molecule has 0 spiro atoms. The number of rotatable bonds is 3. The van der Waals surface area contributed by atoms with Gasteiger partial charge in [0.25, 0.3) is 0 Å². The van der Waals surface area contributed by atoms with E-state index in [1.54, 1.807) is 0 Å². The quantitative estimate of drug-likeness (QED) is 0.866. The van der Waals surface area contributed by atoms with E-state index in [-0.39, 0.29) is 17.3 Å². The fourth-order valence-corrected chi connectivity index (χ4v) is 3.88. The zero-order valence-corrected chi connectivity index (χ0v) is 13.3. The van der Waals surface area contributed by atoms with Crippen LogP contribution in [-0.4, -0.2) is 5.11 Å². The van der Waals surface area contributed by atoms with Crippen LogP contribution in [0.1, 0.15) is 60.5 Å². The molecule has 1 heterocycles. The van der Waals surface area contributed by atoms with Crippen molar-refractivity contribution in [1.29, 1.82) is 0 Å². The maximum Gasteiger partial charge on any atom is 0.343 e. The molecule has 4 rings (SSSR count). The SMILES string of the molecule is O=c1oc2c(c(O)c1[C@H](c1ccccc1)C1CC1)CCCCC2. The van der Waals surface area contributed by atoms with Gasteiger partial charge in [-0.1, -0.05) is 36.8 Å². The van der Waals surface area contributed by atoms with Crippen molar-refractivity contribution in [1.82, 2.24) is 0 Å². The Morgan fingerprint density at radius 1 is 1.04 bits per heavy atom. The highest BCUT2D eigenvalue weighted by Gasteiger charge is 2.38. The Kier molecular flexibility index (Phi) is 3.72. The minimum atomic E-state index is -0.344. The second kappa shape index (κ2) is 5.88. The van der Waals surface area contributed by atoms with Gasteiger partial charge < -0.3 is 9.52 Å². The summed E-state index contributed by atoms with van der Waals surface area (Å²) in [4.78, 5) is 12.6. The van der Waals surface area contributed by atoms with Gasteiger partial charge in [-0.25, -0.2) is 4.79 Å². The van der Waals surface area contributed by atoms with Gasteiger partial charge in [-0.15, -0.1) is 0 Å². The average molecular weight is 310 g/mol. The molecule has 1 saturated carbocycles. The lowest BCUT2D eigenvalue weighted by atomic mass is 9.86. The van der Waals surface area contributed by atoms with E-state index in [0.29, 0.717) is 17.2 Å². The molecule has 23 heavy (non-hydrogen) atoms. The van der Waals surface area contributed by atoms with E-state index in [4.69, 9.17) is 4.42 Å². The Balaban J connectivity index is 1.87. The van der Waals surface area contributed by atoms with Crippen LogP contribution in [0.4, 0.5) is 0 Å². The molecule has 2 aromatic rings. The van der Waals surface area contributed by atoms with E-state index in [1.807, 2.05) is 30.3 Å². The Labute approximate surface area is 136 Å². The van der Waals surface area contributed by atoms with Gasteiger partial charge in [0.1, 0.15) is 11.5 Å². The van der Waals surface area contributed by atoms with E-state index in [0.717, 1.165) is 56.1 Å². The third-order valence-corrected chi connectivity index (χ3v) is 5.21. The minimum absolute atomic E-state index is 0.0407. The zero-order chi connectivity index (χ0) is 15.8. The molecular formula is C20H22O3. The lowest BCUT2D eigenvalue weighted by Gasteiger charge is -2.19. The number of fused-ring (bicyclic) bond motifs is 1. The number of aryl methyl sites for hydroxylation is 1. The monoisotopic (exact) mass is 310 g/mol. The van der Waals surface area contributed by atoms with Crippen LogP contribution in [0.2, 0.25) is 0 Å². The number of benzene rings is 1. The topological polar surface area (TPSA) is 50.4 Å². The van der Waals surface area contributed by atoms with Crippen LogP contribution in [-0.2, 0) is 12.8 Å². The molecule has 0 saturated heterocycles. The predicted molar refractivity (Wildman–Crippen MR) is 88.9 cm³/mol. The van der Waals surface area contributed by atoms with Crippen molar-refractivity contribution in [2.45, 2.75) is 50.9 Å². The van der Waals surface area contributed by atoms with Crippen molar-refractivity contribution in [2.75, 3.05) is 0 Å². The largest absolute Gasteiger partial charge is 0.507 e. The Morgan fingerprint density at radius 2 is 1.78 bits per heavy atom. The maximum absolute atomic E-state index is 12.6.